The van der Waals surface area contributed by atoms with Crippen molar-refractivity contribution in [2.75, 3.05) is 7.11 Å². The number of halogens is 2. The lowest BCUT2D eigenvalue weighted by molar-refractivity contribution is 0.0696. The third-order valence-electron chi connectivity index (χ3n) is 2.82. The second-order valence-electron chi connectivity index (χ2n) is 4.20. The Kier molecular flexibility index (Phi) is 4.80. The second-order valence-corrected chi connectivity index (χ2v) is 5.05. The Balaban J connectivity index is 2.11. The van der Waals surface area contributed by atoms with E-state index in [1.165, 1.54) is 31.4 Å². The van der Waals surface area contributed by atoms with Crippen LogP contribution in [0.3, 0.4) is 0 Å². The molecular formula is C15H12BrFO4. The van der Waals surface area contributed by atoms with Gasteiger partial charge in [0.15, 0.2) is 0 Å². The van der Waals surface area contributed by atoms with Crippen molar-refractivity contribution in [1.82, 2.24) is 0 Å². The van der Waals surface area contributed by atoms with Gasteiger partial charge in [-0.05, 0) is 46.3 Å². The summed E-state index contributed by atoms with van der Waals surface area (Å²) < 4.78 is 24.7. The first-order chi connectivity index (χ1) is 10.0. The number of hydrogen-bond acceptors (Lipinski definition) is 3. The van der Waals surface area contributed by atoms with Crippen LogP contribution >= 0.6 is 15.9 Å². The molecule has 0 saturated heterocycles. The SMILES string of the molecule is COc1ccc(COc2ccc(C(=O)O)cc2Br)c(F)c1. The fourth-order valence-corrected chi connectivity index (χ4v) is 2.17. The van der Waals surface area contributed by atoms with Gasteiger partial charge in [0.1, 0.15) is 23.9 Å². The summed E-state index contributed by atoms with van der Waals surface area (Å²) >= 11 is 3.23. The minimum Gasteiger partial charge on any atom is -0.497 e. The van der Waals surface area contributed by atoms with Crippen LogP contribution in [0.5, 0.6) is 11.5 Å². The first kappa shape index (κ1) is 15.3. The number of methoxy groups -OCH3 is 1. The zero-order chi connectivity index (χ0) is 15.4. The van der Waals surface area contributed by atoms with Crippen molar-refractivity contribution in [3.8, 4) is 11.5 Å². The number of carboxylic acids is 1. The molecule has 1 N–H and O–H groups in total. The second kappa shape index (κ2) is 6.58. The van der Waals surface area contributed by atoms with Crippen LogP contribution in [0, 0.1) is 5.82 Å². The molecule has 0 spiro atoms. The standard InChI is InChI=1S/C15H12BrFO4/c1-20-11-4-2-10(13(17)7-11)8-21-14-5-3-9(15(18)19)6-12(14)16/h2-7H,8H2,1H3,(H,18,19). The zero-order valence-corrected chi connectivity index (χ0v) is 12.7. The van der Waals surface area contributed by atoms with Crippen molar-refractivity contribution in [2.24, 2.45) is 0 Å². The monoisotopic (exact) mass is 354 g/mol. The van der Waals surface area contributed by atoms with Gasteiger partial charge in [-0.2, -0.15) is 0 Å². The van der Waals surface area contributed by atoms with E-state index in [9.17, 15) is 9.18 Å². The number of ether oxygens (including phenoxy) is 2. The summed E-state index contributed by atoms with van der Waals surface area (Å²) in [6, 6.07) is 8.88. The molecule has 0 aliphatic carbocycles. The first-order valence-corrected chi connectivity index (χ1v) is 6.78. The van der Waals surface area contributed by atoms with E-state index in [0.29, 0.717) is 21.5 Å². The lowest BCUT2D eigenvalue weighted by atomic mass is 10.2. The minimum absolute atomic E-state index is 0.0286. The molecule has 2 rings (SSSR count). The molecule has 0 atom stereocenters. The van der Waals surface area contributed by atoms with E-state index in [1.54, 1.807) is 12.1 Å². The first-order valence-electron chi connectivity index (χ1n) is 5.99. The molecule has 0 unspecified atom stereocenters. The molecule has 0 aliphatic heterocycles. The van der Waals surface area contributed by atoms with Crippen molar-refractivity contribution in [2.45, 2.75) is 6.61 Å². The Morgan fingerprint density at radius 2 is 2.05 bits per heavy atom. The molecule has 0 radical (unpaired) electrons. The van der Waals surface area contributed by atoms with Gasteiger partial charge in [-0.3, -0.25) is 0 Å². The molecule has 110 valence electrons. The lowest BCUT2D eigenvalue weighted by Gasteiger charge is -2.10. The summed E-state index contributed by atoms with van der Waals surface area (Å²) in [5.41, 5.74) is 0.523. The molecule has 0 amide bonds. The molecule has 21 heavy (non-hydrogen) atoms. The van der Waals surface area contributed by atoms with E-state index in [4.69, 9.17) is 14.6 Å². The Bertz CT molecular complexity index is 673. The molecule has 6 heteroatoms. The van der Waals surface area contributed by atoms with Gasteiger partial charge in [0.2, 0.25) is 0 Å². The maximum atomic E-state index is 13.8. The van der Waals surface area contributed by atoms with Crippen LogP contribution < -0.4 is 9.47 Å². The van der Waals surface area contributed by atoms with E-state index < -0.39 is 11.8 Å². The van der Waals surface area contributed by atoms with Crippen molar-refractivity contribution >= 4 is 21.9 Å². The molecule has 0 aliphatic rings. The summed E-state index contributed by atoms with van der Waals surface area (Å²) in [5, 5.41) is 8.87. The number of carbonyl (C=O) groups is 1. The zero-order valence-electron chi connectivity index (χ0n) is 11.1. The van der Waals surface area contributed by atoms with Crippen molar-refractivity contribution in [1.29, 1.82) is 0 Å². The van der Waals surface area contributed by atoms with E-state index in [0.717, 1.165) is 0 Å². The van der Waals surface area contributed by atoms with Gasteiger partial charge in [-0.1, -0.05) is 0 Å². The van der Waals surface area contributed by atoms with Crippen LogP contribution in [0.1, 0.15) is 15.9 Å². The van der Waals surface area contributed by atoms with Crippen LogP contribution in [0.4, 0.5) is 4.39 Å². The number of hydrogen-bond donors (Lipinski definition) is 1. The summed E-state index contributed by atoms with van der Waals surface area (Å²) in [6.07, 6.45) is 0. The maximum Gasteiger partial charge on any atom is 0.335 e. The van der Waals surface area contributed by atoms with E-state index in [1.807, 2.05) is 0 Å². The van der Waals surface area contributed by atoms with E-state index in [2.05, 4.69) is 15.9 Å². The molecule has 0 fully saturated rings. The molecule has 2 aromatic rings. The predicted molar refractivity (Wildman–Crippen MR) is 78.4 cm³/mol. The van der Waals surface area contributed by atoms with E-state index in [-0.39, 0.29) is 12.2 Å². The van der Waals surface area contributed by atoms with Crippen LogP contribution in [0.2, 0.25) is 0 Å². The van der Waals surface area contributed by atoms with Crippen molar-refractivity contribution in [3.05, 3.63) is 57.8 Å². The quantitative estimate of drug-likeness (QED) is 0.885. The summed E-state index contributed by atoms with van der Waals surface area (Å²) in [7, 11) is 1.46. The Morgan fingerprint density at radius 1 is 1.29 bits per heavy atom. The van der Waals surface area contributed by atoms with Crippen molar-refractivity contribution < 1.29 is 23.8 Å². The van der Waals surface area contributed by atoms with Gasteiger partial charge in [0.25, 0.3) is 0 Å². The number of carboxylic acid groups (broad SMARTS) is 1. The highest BCUT2D eigenvalue weighted by Gasteiger charge is 2.09. The molecule has 0 bridgehead atoms. The van der Waals surface area contributed by atoms with Crippen LogP contribution in [0.25, 0.3) is 0 Å². The molecule has 0 saturated carbocycles. The molecular weight excluding hydrogens is 343 g/mol. The highest BCUT2D eigenvalue weighted by molar-refractivity contribution is 9.10. The largest absolute Gasteiger partial charge is 0.497 e. The van der Waals surface area contributed by atoms with Gasteiger partial charge < -0.3 is 14.6 Å². The molecule has 0 aromatic heterocycles. The summed E-state index contributed by atoms with van der Waals surface area (Å²) in [6.45, 7) is 0.0286. The normalized spacial score (nSPS) is 10.2. The van der Waals surface area contributed by atoms with Crippen molar-refractivity contribution in [3.63, 3.8) is 0 Å². The van der Waals surface area contributed by atoms with Crippen LogP contribution in [-0.4, -0.2) is 18.2 Å². The van der Waals surface area contributed by atoms with Gasteiger partial charge in [0, 0.05) is 11.6 Å². The maximum absolute atomic E-state index is 13.8. The smallest absolute Gasteiger partial charge is 0.335 e. The highest BCUT2D eigenvalue weighted by Crippen LogP contribution is 2.27. The summed E-state index contributed by atoms with van der Waals surface area (Å²) in [5.74, 6) is -0.575. The molecule has 0 heterocycles. The summed E-state index contributed by atoms with van der Waals surface area (Å²) in [4.78, 5) is 10.8. The van der Waals surface area contributed by atoms with Gasteiger partial charge in [0.05, 0.1) is 17.1 Å². The van der Waals surface area contributed by atoms with E-state index >= 15 is 0 Å². The lowest BCUT2D eigenvalue weighted by Crippen LogP contribution is -2.01. The van der Waals surface area contributed by atoms with Gasteiger partial charge >= 0.3 is 5.97 Å². The Hall–Kier alpha value is -2.08. The van der Waals surface area contributed by atoms with Gasteiger partial charge in [-0.15, -0.1) is 0 Å². The fourth-order valence-electron chi connectivity index (χ4n) is 1.68. The number of rotatable bonds is 5. The average Bonchev–Trinajstić information content (AvgIpc) is 2.46. The predicted octanol–water partition coefficient (Wildman–Crippen LogP) is 3.87. The minimum atomic E-state index is -1.02. The van der Waals surface area contributed by atoms with Crippen LogP contribution in [-0.2, 0) is 6.61 Å². The molecule has 2 aromatic carbocycles. The topological polar surface area (TPSA) is 55.8 Å². The number of benzene rings is 2. The van der Waals surface area contributed by atoms with Crippen LogP contribution in [0.15, 0.2) is 40.9 Å². The van der Waals surface area contributed by atoms with Gasteiger partial charge in [-0.25, -0.2) is 9.18 Å². The number of aromatic carboxylic acids is 1. The molecule has 4 nitrogen and oxygen atoms in total. The third-order valence-corrected chi connectivity index (χ3v) is 3.44. The highest BCUT2D eigenvalue weighted by atomic mass is 79.9. The third kappa shape index (κ3) is 3.72. The average molecular weight is 355 g/mol. The Labute approximate surface area is 129 Å². The fraction of sp³-hybridized carbons (Fsp3) is 0.133. The Morgan fingerprint density at radius 3 is 2.62 bits per heavy atom.